The van der Waals surface area contributed by atoms with E-state index in [0.29, 0.717) is 0 Å². The highest BCUT2D eigenvalue weighted by molar-refractivity contribution is 5.93. The zero-order valence-corrected chi connectivity index (χ0v) is 13.8. The molecule has 8 nitrogen and oxygen atoms in total. The second-order valence-electron chi connectivity index (χ2n) is 6.02. The molecule has 1 heterocycles. The molecule has 0 spiro atoms. The number of aliphatic hydroxyl groups excluding tert-OH is 1. The molecule has 132 valence electrons. The van der Waals surface area contributed by atoms with Gasteiger partial charge in [-0.15, -0.1) is 0 Å². The molecule has 24 heavy (non-hydrogen) atoms. The number of carbonyl (C=O) groups excluding carboxylic acids is 3. The van der Waals surface area contributed by atoms with Gasteiger partial charge in [0, 0.05) is 11.5 Å². The van der Waals surface area contributed by atoms with E-state index >= 15 is 0 Å². The van der Waals surface area contributed by atoms with Crippen molar-refractivity contribution in [2.24, 2.45) is 11.8 Å². The quantitative estimate of drug-likeness (QED) is 0.413. The second-order valence-corrected chi connectivity index (χ2v) is 6.02. The summed E-state index contributed by atoms with van der Waals surface area (Å²) >= 11 is 0. The van der Waals surface area contributed by atoms with E-state index < -0.39 is 47.6 Å². The summed E-state index contributed by atoms with van der Waals surface area (Å²) in [4.78, 5) is 35.9. The van der Waals surface area contributed by atoms with Crippen LogP contribution in [-0.2, 0) is 28.6 Å². The molecule has 0 aromatic heterocycles. The largest absolute Gasteiger partial charge is 0.466 e. The lowest BCUT2D eigenvalue weighted by Crippen LogP contribution is -2.48. The van der Waals surface area contributed by atoms with E-state index in [1.165, 1.54) is 19.9 Å². The van der Waals surface area contributed by atoms with Gasteiger partial charge < -0.3 is 24.4 Å². The third-order valence-electron chi connectivity index (χ3n) is 4.57. The van der Waals surface area contributed by atoms with Crippen LogP contribution in [0.3, 0.4) is 0 Å². The summed E-state index contributed by atoms with van der Waals surface area (Å²) in [5.74, 6) is -4.73. The summed E-state index contributed by atoms with van der Waals surface area (Å²) in [5, 5.41) is 21.3. The van der Waals surface area contributed by atoms with Crippen molar-refractivity contribution in [3.8, 4) is 0 Å². The third kappa shape index (κ3) is 2.71. The van der Waals surface area contributed by atoms with Crippen molar-refractivity contribution in [2.45, 2.75) is 38.6 Å². The molecule has 1 aliphatic heterocycles. The van der Waals surface area contributed by atoms with Gasteiger partial charge in [-0.25, -0.2) is 9.59 Å². The number of methoxy groups -OCH3 is 1. The summed E-state index contributed by atoms with van der Waals surface area (Å²) in [6.45, 7) is 4.40. The Balaban J connectivity index is 2.41. The standard InChI is InChI=1S/C16H20O8/c1-5-7(2)13(18)24-12-11(17)9-8(14(19)22-4)6-23-15(20)10(9)16(12,3)21/h5-6,9-12,17,21H,1-4H3/b7-5+/t9-,10-,11+,12+,16-/m1/s1. The van der Waals surface area contributed by atoms with E-state index in [2.05, 4.69) is 4.74 Å². The molecule has 0 aromatic rings. The maximum atomic E-state index is 12.1. The highest BCUT2D eigenvalue weighted by atomic mass is 16.6. The van der Waals surface area contributed by atoms with E-state index in [-0.39, 0.29) is 11.1 Å². The monoisotopic (exact) mass is 340 g/mol. The van der Waals surface area contributed by atoms with E-state index in [1.54, 1.807) is 6.92 Å². The number of allylic oxidation sites excluding steroid dienone is 1. The van der Waals surface area contributed by atoms with Gasteiger partial charge in [0.05, 0.1) is 18.6 Å². The second kappa shape index (κ2) is 6.37. The average molecular weight is 340 g/mol. The number of hydrogen-bond donors (Lipinski definition) is 2. The summed E-state index contributed by atoms with van der Waals surface area (Å²) in [5.41, 5.74) is -1.74. The first-order valence-corrected chi connectivity index (χ1v) is 7.40. The fourth-order valence-corrected chi connectivity index (χ4v) is 3.11. The summed E-state index contributed by atoms with van der Waals surface area (Å²) in [6, 6.07) is 0. The van der Waals surface area contributed by atoms with E-state index in [9.17, 15) is 24.6 Å². The minimum Gasteiger partial charge on any atom is -0.466 e. The maximum absolute atomic E-state index is 12.1. The summed E-state index contributed by atoms with van der Waals surface area (Å²) in [6.07, 6.45) is -0.472. The molecule has 2 aliphatic rings. The Kier molecular flexibility index (Phi) is 4.82. The number of esters is 3. The molecule has 5 atom stereocenters. The number of hydrogen-bond acceptors (Lipinski definition) is 8. The maximum Gasteiger partial charge on any atom is 0.337 e. The molecule has 0 amide bonds. The Labute approximate surface area is 138 Å². The minimum absolute atomic E-state index is 0.101. The first-order chi connectivity index (χ1) is 11.2. The molecule has 0 radical (unpaired) electrons. The molecule has 1 saturated carbocycles. The molecular weight excluding hydrogens is 320 g/mol. The van der Waals surface area contributed by atoms with E-state index in [1.807, 2.05) is 0 Å². The van der Waals surface area contributed by atoms with Gasteiger partial charge >= 0.3 is 17.9 Å². The highest BCUT2D eigenvalue weighted by Crippen LogP contribution is 2.48. The predicted molar refractivity (Wildman–Crippen MR) is 79.1 cm³/mol. The number of fused-ring (bicyclic) bond motifs is 1. The normalized spacial score (nSPS) is 35.7. The van der Waals surface area contributed by atoms with Crippen molar-refractivity contribution in [3.05, 3.63) is 23.5 Å². The lowest BCUT2D eigenvalue weighted by Gasteiger charge is -2.31. The molecule has 0 saturated heterocycles. The molecule has 2 N–H and O–H groups in total. The van der Waals surface area contributed by atoms with Gasteiger partial charge in [0.1, 0.15) is 18.0 Å². The average Bonchev–Trinajstić information content (AvgIpc) is 2.75. The van der Waals surface area contributed by atoms with Crippen molar-refractivity contribution < 1.29 is 38.8 Å². The number of rotatable bonds is 3. The van der Waals surface area contributed by atoms with Crippen molar-refractivity contribution in [2.75, 3.05) is 7.11 Å². The molecule has 0 bridgehead atoms. The Bertz CT molecular complexity index is 630. The van der Waals surface area contributed by atoms with Crippen LogP contribution < -0.4 is 0 Å². The zero-order chi connectivity index (χ0) is 18.2. The molecule has 1 fully saturated rings. The Morgan fingerprint density at radius 2 is 2.04 bits per heavy atom. The number of ether oxygens (including phenoxy) is 3. The fraction of sp³-hybridized carbons (Fsp3) is 0.562. The van der Waals surface area contributed by atoms with Gasteiger partial charge in [-0.05, 0) is 20.8 Å². The van der Waals surface area contributed by atoms with Crippen LogP contribution in [0.5, 0.6) is 0 Å². The lowest BCUT2D eigenvalue weighted by atomic mass is 9.81. The molecule has 2 rings (SSSR count). The van der Waals surface area contributed by atoms with Crippen LogP contribution in [0, 0.1) is 11.8 Å². The Morgan fingerprint density at radius 3 is 2.58 bits per heavy atom. The van der Waals surface area contributed by atoms with Crippen molar-refractivity contribution in [1.29, 1.82) is 0 Å². The molecule has 8 heteroatoms. The van der Waals surface area contributed by atoms with Gasteiger partial charge in [-0.1, -0.05) is 6.08 Å². The zero-order valence-electron chi connectivity index (χ0n) is 13.8. The summed E-state index contributed by atoms with van der Waals surface area (Å²) in [7, 11) is 1.14. The number of carbonyl (C=O) groups is 3. The summed E-state index contributed by atoms with van der Waals surface area (Å²) < 4.78 is 14.6. The Morgan fingerprint density at radius 1 is 1.42 bits per heavy atom. The predicted octanol–water partition coefficient (Wildman–Crippen LogP) is -0.164. The topological polar surface area (TPSA) is 119 Å². The van der Waals surface area contributed by atoms with Crippen LogP contribution in [0.2, 0.25) is 0 Å². The minimum atomic E-state index is -1.92. The first-order valence-electron chi connectivity index (χ1n) is 7.40. The van der Waals surface area contributed by atoms with E-state index in [0.717, 1.165) is 13.4 Å². The van der Waals surface area contributed by atoms with Crippen LogP contribution in [-0.4, -0.2) is 53.0 Å². The SMILES string of the molecule is C/C=C(\C)C(=O)O[C@H]1[C@@H](O)[C@@H]2C(C(=O)OC)=COC(=O)[C@@H]2[C@@]1(C)O. The van der Waals surface area contributed by atoms with Crippen molar-refractivity contribution >= 4 is 17.9 Å². The molecule has 0 aromatic carbocycles. The van der Waals surface area contributed by atoms with Gasteiger partial charge in [-0.3, -0.25) is 4.79 Å². The van der Waals surface area contributed by atoms with Gasteiger partial charge in [0.25, 0.3) is 0 Å². The third-order valence-corrected chi connectivity index (χ3v) is 4.57. The van der Waals surface area contributed by atoms with Gasteiger partial charge in [-0.2, -0.15) is 0 Å². The smallest absolute Gasteiger partial charge is 0.337 e. The van der Waals surface area contributed by atoms with Crippen LogP contribution >= 0.6 is 0 Å². The highest BCUT2D eigenvalue weighted by Gasteiger charge is 2.65. The Hall–Kier alpha value is -2.19. The van der Waals surface area contributed by atoms with Crippen molar-refractivity contribution in [3.63, 3.8) is 0 Å². The van der Waals surface area contributed by atoms with E-state index in [4.69, 9.17) is 9.47 Å². The van der Waals surface area contributed by atoms with Gasteiger partial charge in [0.2, 0.25) is 0 Å². The lowest BCUT2D eigenvalue weighted by molar-refractivity contribution is -0.172. The van der Waals surface area contributed by atoms with Crippen LogP contribution in [0.25, 0.3) is 0 Å². The van der Waals surface area contributed by atoms with Crippen LogP contribution in [0.4, 0.5) is 0 Å². The van der Waals surface area contributed by atoms with Crippen LogP contribution in [0.1, 0.15) is 20.8 Å². The van der Waals surface area contributed by atoms with Crippen molar-refractivity contribution in [1.82, 2.24) is 0 Å². The molecular formula is C16H20O8. The molecule has 0 unspecified atom stereocenters. The number of aliphatic hydroxyl groups is 2. The first kappa shape index (κ1) is 18.2. The van der Waals surface area contributed by atoms with Crippen LogP contribution in [0.15, 0.2) is 23.5 Å². The molecule has 1 aliphatic carbocycles. The van der Waals surface area contributed by atoms with Gasteiger partial charge in [0.15, 0.2) is 6.10 Å². The fourth-order valence-electron chi connectivity index (χ4n) is 3.11. The number of cyclic esters (lactones) is 1.